The molecule has 1 aliphatic carbocycles. The monoisotopic (exact) mass is 722 g/mol. The van der Waals surface area contributed by atoms with E-state index in [0.29, 0.717) is 41.9 Å². The van der Waals surface area contributed by atoms with Gasteiger partial charge in [0.05, 0.1) is 15.3 Å². The number of hydrogen-bond acceptors (Lipinski definition) is 9. The molecule has 0 atom stereocenters. The molecule has 1 N–H and O–H groups in total. The van der Waals surface area contributed by atoms with Crippen molar-refractivity contribution in [3.05, 3.63) is 64.3 Å². The van der Waals surface area contributed by atoms with E-state index >= 15 is 0 Å². The van der Waals surface area contributed by atoms with Gasteiger partial charge in [-0.15, -0.1) is 13.2 Å². The molecule has 1 amide bonds. The van der Waals surface area contributed by atoms with Gasteiger partial charge < -0.3 is 15.0 Å². The molecule has 260 valence electrons. The highest BCUT2D eigenvalue weighted by molar-refractivity contribution is 7.89. The highest BCUT2D eigenvalue weighted by Gasteiger charge is 2.34. The third kappa shape index (κ3) is 10.2. The quantitative estimate of drug-likeness (QED) is 0.152. The van der Waals surface area contributed by atoms with Crippen LogP contribution in [0.4, 0.5) is 41.7 Å². The zero-order valence-electron chi connectivity index (χ0n) is 25.0. The summed E-state index contributed by atoms with van der Waals surface area (Å²) in [6.45, 7) is 5.60. The van der Waals surface area contributed by atoms with Crippen LogP contribution in [0.15, 0.2) is 57.3 Å². The fourth-order valence-corrected chi connectivity index (χ4v) is 6.73. The number of aliphatic imine (C=N–C) groups is 2. The van der Waals surface area contributed by atoms with Crippen LogP contribution in [0.1, 0.15) is 28.8 Å². The number of nitrogens with one attached hydrogen (secondary N) is 1. The van der Waals surface area contributed by atoms with Crippen LogP contribution in [-0.2, 0) is 27.5 Å². The number of benzene rings is 2. The zero-order valence-corrected chi connectivity index (χ0v) is 26.6. The predicted octanol–water partition coefficient (Wildman–Crippen LogP) is 5.80. The lowest BCUT2D eigenvalue weighted by atomic mass is 10.2. The Morgan fingerprint density at radius 2 is 1.71 bits per heavy atom. The van der Waals surface area contributed by atoms with Gasteiger partial charge in [0.2, 0.25) is 16.4 Å². The molecule has 0 bridgehead atoms. The van der Waals surface area contributed by atoms with Crippen LogP contribution < -0.4 is 15.0 Å². The number of rotatable bonds is 11. The van der Waals surface area contributed by atoms with Crippen molar-refractivity contribution in [2.45, 2.75) is 36.8 Å². The highest BCUT2D eigenvalue weighted by Crippen LogP contribution is 2.34. The Bertz CT molecular complexity index is 1700. The molecule has 5 rings (SSSR count). The maximum atomic E-state index is 13.1. The Kier molecular flexibility index (Phi) is 11.8. The van der Waals surface area contributed by atoms with Crippen molar-refractivity contribution >= 4 is 51.7 Å². The molecular weight excluding hydrogens is 693 g/mol. The maximum absolute atomic E-state index is 13.1. The molecule has 0 spiro atoms. The van der Waals surface area contributed by atoms with E-state index < -0.39 is 39.7 Å². The summed E-state index contributed by atoms with van der Waals surface area (Å²) in [5.74, 6) is -0.854. The first-order chi connectivity index (χ1) is 22.6. The first-order valence-corrected chi connectivity index (χ1v) is 16.5. The number of sulfonamides is 1. The first kappa shape index (κ1) is 36.7. The average molecular weight is 723 g/mol. The average Bonchev–Trinajstić information content (AvgIpc) is 3.77. The number of carbonyl (C=O) groups is 1. The summed E-state index contributed by atoms with van der Waals surface area (Å²) >= 11 is 1.43. The SMILES string of the molecule is C=Nc1nc(N2CCN(S(=O)(=O)c3ccc(C(F)(F)F)cc3)CC2)sc1C=NCC1CC1.O=CNCc1ccc(OC(F)(F)F)c(F)c1. The molecule has 1 aliphatic heterocycles. The standard InChI is InChI=1S/C20H22F3N5O2S2.C9H7F4NO2/c1-24-18-17(13-25-12-14-2-3-14)31-19(26-18)27-8-10-28(11-9-27)32(29,30)16-6-4-15(5-7-16)20(21,22)23;10-7-3-6(4-14-5-15)1-2-8(7)16-9(11,12)13/h4-7,13-14H,1-3,8-12H2;1-3,5H,4H2,(H,14,15). The van der Waals surface area contributed by atoms with Crippen LogP contribution >= 0.6 is 11.3 Å². The number of halogens is 7. The minimum atomic E-state index is -4.93. The van der Waals surface area contributed by atoms with Gasteiger partial charge in [0, 0.05) is 45.5 Å². The van der Waals surface area contributed by atoms with Crippen molar-refractivity contribution < 1.29 is 48.7 Å². The van der Waals surface area contributed by atoms with Crippen molar-refractivity contribution in [1.29, 1.82) is 0 Å². The molecule has 0 unspecified atom stereocenters. The summed E-state index contributed by atoms with van der Waals surface area (Å²) in [5, 5.41) is 2.96. The second-order valence-electron chi connectivity index (χ2n) is 10.5. The van der Waals surface area contributed by atoms with Gasteiger partial charge >= 0.3 is 12.5 Å². The lowest BCUT2D eigenvalue weighted by Gasteiger charge is -2.33. The molecule has 2 aliphatic rings. The summed E-state index contributed by atoms with van der Waals surface area (Å²) in [6, 6.07) is 6.51. The fraction of sp³-hybridized carbons (Fsp3) is 0.379. The third-order valence-corrected chi connectivity index (χ3v) is 9.93. The number of aromatic nitrogens is 1. The molecule has 2 aromatic carbocycles. The van der Waals surface area contributed by atoms with Crippen LogP contribution in [0.25, 0.3) is 0 Å². The molecular formula is C29H29F7N6O4S2. The summed E-state index contributed by atoms with van der Waals surface area (Å²) in [5.41, 5.74) is -0.549. The molecule has 2 heterocycles. The van der Waals surface area contributed by atoms with E-state index in [-0.39, 0.29) is 24.5 Å². The van der Waals surface area contributed by atoms with Crippen molar-refractivity contribution in [1.82, 2.24) is 14.6 Å². The summed E-state index contributed by atoms with van der Waals surface area (Å²) in [4.78, 5) is 25.5. The zero-order chi connectivity index (χ0) is 35.1. The molecule has 1 saturated carbocycles. The summed E-state index contributed by atoms with van der Waals surface area (Å²) < 4.78 is 117. The third-order valence-electron chi connectivity index (χ3n) is 6.98. The number of hydrogen-bond donors (Lipinski definition) is 1. The number of carbonyl (C=O) groups excluding carboxylic acids is 1. The number of alkyl halides is 6. The van der Waals surface area contributed by atoms with E-state index in [0.717, 1.165) is 47.8 Å². The largest absolute Gasteiger partial charge is 0.573 e. The highest BCUT2D eigenvalue weighted by atomic mass is 32.2. The lowest BCUT2D eigenvalue weighted by molar-refractivity contribution is -0.275. The second-order valence-corrected chi connectivity index (χ2v) is 13.5. The number of thiazole rings is 1. The van der Waals surface area contributed by atoms with Crippen molar-refractivity contribution in [2.75, 3.05) is 37.6 Å². The summed E-state index contributed by atoms with van der Waals surface area (Å²) in [6.07, 6.45) is -4.83. The number of amides is 1. The number of nitrogens with zero attached hydrogens (tertiary/aromatic N) is 5. The van der Waals surface area contributed by atoms with E-state index in [1.165, 1.54) is 34.6 Å². The molecule has 10 nitrogen and oxygen atoms in total. The van der Waals surface area contributed by atoms with E-state index in [9.17, 15) is 43.9 Å². The molecule has 48 heavy (non-hydrogen) atoms. The van der Waals surface area contributed by atoms with Gasteiger partial charge in [-0.1, -0.05) is 17.4 Å². The molecule has 1 aromatic heterocycles. The van der Waals surface area contributed by atoms with Gasteiger partial charge in [-0.2, -0.15) is 22.5 Å². The fourth-order valence-electron chi connectivity index (χ4n) is 4.34. The van der Waals surface area contributed by atoms with Gasteiger partial charge in [-0.25, -0.2) is 17.8 Å². The van der Waals surface area contributed by atoms with Crippen molar-refractivity contribution in [2.24, 2.45) is 15.9 Å². The molecule has 2 fully saturated rings. The van der Waals surface area contributed by atoms with Gasteiger partial charge in [0.25, 0.3) is 0 Å². The Hall–Kier alpha value is -4.10. The number of piperazine rings is 1. The van der Waals surface area contributed by atoms with E-state index in [1.54, 1.807) is 6.21 Å². The molecule has 0 radical (unpaired) electrons. The van der Waals surface area contributed by atoms with Gasteiger partial charge in [0.15, 0.2) is 22.5 Å². The minimum absolute atomic E-state index is 0.0344. The van der Waals surface area contributed by atoms with Crippen LogP contribution in [0.2, 0.25) is 0 Å². The number of ether oxygens (including phenoxy) is 1. The second kappa shape index (κ2) is 15.4. The molecule has 19 heteroatoms. The number of anilines is 1. The Labute approximate surface area is 275 Å². The lowest BCUT2D eigenvalue weighted by Crippen LogP contribution is -2.48. The van der Waals surface area contributed by atoms with Crippen LogP contribution in [-0.4, -0.2) is 76.1 Å². The maximum Gasteiger partial charge on any atom is 0.573 e. The van der Waals surface area contributed by atoms with Crippen LogP contribution in [0.3, 0.4) is 0 Å². The normalized spacial score (nSPS) is 15.9. The van der Waals surface area contributed by atoms with Crippen LogP contribution in [0.5, 0.6) is 5.75 Å². The van der Waals surface area contributed by atoms with E-state index in [4.69, 9.17) is 0 Å². The Balaban J connectivity index is 0.000000274. The first-order valence-electron chi connectivity index (χ1n) is 14.2. The Morgan fingerprint density at radius 1 is 1.04 bits per heavy atom. The molecule has 3 aromatic rings. The van der Waals surface area contributed by atoms with E-state index in [1.807, 2.05) is 4.90 Å². The summed E-state index contributed by atoms with van der Waals surface area (Å²) in [7, 11) is -3.88. The topological polar surface area (TPSA) is 117 Å². The van der Waals surface area contributed by atoms with Crippen LogP contribution in [0, 0.1) is 11.7 Å². The Morgan fingerprint density at radius 3 is 2.25 bits per heavy atom. The van der Waals surface area contributed by atoms with Gasteiger partial charge in [-0.3, -0.25) is 9.79 Å². The molecule has 1 saturated heterocycles. The van der Waals surface area contributed by atoms with Gasteiger partial charge in [0.1, 0.15) is 0 Å². The minimum Gasteiger partial charge on any atom is -0.403 e. The predicted molar refractivity (Wildman–Crippen MR) is 165 cm³/mol. The van der Waals surface area contributed by atoms with Crippen molar-refractivity contribution in [3.8, 4) is 5.75 Å². The smallest absolute Gasteiger partial charge is 0.403 e. The van der Waals surface area contributed by atoms with E-state index in [2.05, 4.69) is 31.7 Å². The van der Waals surface area contributed by atoms with Gasteiger partial charge in [-0.05, 0) is 67.4 Å². The van der Waals surface area contributed by atoms with Crippen molar-refractivity contribution in [3.63, 3.8) is 0 Å².